The molecule has 0 atom stereocenters. The van der Waals surface area contributed by atoms with Crippen LogP contribution in [-0.4, -0.2) is 11.7 Å². The van der Waals surface area contributed by atoms with E-state index in [4.69, 9.17) is 5.11 Å². The van der Waals surface area contributed by atoms with Crippen molar-refractivity contribution in [3.63, 3.8) is 0 Å². The van der Waals surface area contributed by atoms with Gasteiger partial charge in [-0.3, -0.25) is 0 Å². The second-order valence-electron chi connectivity index (χ2n) is 0.752. The average Bonchev–Trinajstić information content (AvgIpc) is 1.41. The van der Waals surface area contributed by atoms with E-state index in [0.29, 0.717) is 0 Å². The van der Waals surface area contributed by atoms with E-state index in [1.54, 1.807) is 12.2 Å². The summed E-state index contributed by atoms with van der Waals surface area (Å²) in [6.45, 7) is 2.03. The van der Waals surface area contributed by atoms with Crippen molar-refractivity contribution < 1.29 is 57.9 Å². The van der Waals surface area contributed by atoms with E-state index in [2.05, 4.69) is 0 Å². The van der Waals surface area contributed by atoms with Gasteiger partial charge in [0.05, 0.1) is 6.61 Å². The molecule has 0 aromatic heterocycles. The molecule has 0 rings (SSSR count). The van der Waals surface area contributed by atoms with Crippen LogP contribution >= 0.6 is 0 Å². The minimum Gasteiger partial charge on any atom is -1.00 e. The number of aliphatic hydroxyl groups excluding tert-OH is 1. The molecule has 0 radical (unpaired) electrons. The van der Waals surface area contributed by atoms with Crippen molar-refractivity contribution in [3.8, 4) is 0 Å². The van der Waals surface area contributed by atoms with Crippen LogP contribution in [0.25, 0.3) is 0 Å². The Hall–Kier alpha value is 1.34. The van der Waals surface area contributed by atoms with Gasteiger partial charge in [0.2, 0.25) is 0 Å². The first-order valence-corrected chi connectivity index (χ1v) is 1.64. The predicted octanol–water partition coefficient (Wildman–Crippen LogP) is -2.33. The number of allylic oxidation sites excluding steroid dienone is 1. The molecule has 6 heavy (non-hydrogen) atoms. The van der Waals surface area contributed by atoms with Crippen molar-refractivity contribution in [3.05, 3.63) is 12.2 Å². The van der Waals surface area contributed by atoms with Gasteiger partial charge in [-0.25, -0.2) is 0 Å². The number of hydrogen-bond acceptors (Lipinski definition) is 1. The van der Waals surface area contributed by atoms with Gasteiger partial charge in [0.25, 0.3) is 0 Å². The molecule has 32 valence electrons. The van der Waals surface area contributed by atoms with E-state index in [1.807, 2.05) is 6.92 Å². The summed E-state index contributed by atoms with van der Waals surface area (Å²) in [5.41, 5.74) is 0. The fraction of sp³-hybridized carbons (Fsp3) is 0.500. The summed E-state index contributed by atoms with van der Waals surface area (Å²) in [7, 11) is 0. The molecule has 0 bridgehead atoms. The minimum absolute atomic E-state index is 0. The Morgan fingerprint density at radius 3 is 2.33 bits per heavy atom. The van der Waals surface area contributed by atoms with Gasteiger partial charge >= 0.3 is 51.4 Å². The summed E-state index contributed by atoms with van der Waals surface area (Å²) in [6, 6.07) is 0. The van der Waals surface area contributed by atoms with Crippen LogP contribution in [0.3, 0.4) is 0 Å². The monoisotopic (exact) mass is 112 g/mol. The summed E-state index contributed by atoms with van der Waals surface area (Å²) in [5, 5.41) is 7.98. The van der Waals surface area contributed by atoms with Gasteiger partial charge in [0.1, 0.15) is 0 Å². The van der Waals surface area contributed by atoms with Crippen LogP contribution in [0.15, 0.2) is 12.2 Å². The van der Waals surface area contributed by atoms with Crippen LogP contribution in [0, 0.1) is 0 Å². The molecule has 0 fully saturated rings. The quantitative estimate of drug-likeness (QED) is 0.298. The van der Waals surface area contributed by atoms with E-state index in [0.717, 1.165) is 0 Å². The molecule has 0 saturated carbocycles. The van der Waals surface area contributed by atoms with Crippen LogP contribution in [0.4, 0.5) is 0 Å². The van der Waals surface area contributed by atoms with Crippen LogP contribution in [0.2, 0.25) is 0 Å². The summed E-state index contributed by atoms with van der Waals surface area (Å²) < 4.78 is 0. The van der Waals surface area contributed by atoms with Gasteiger partial charge < -0.3 is 6.53 Å². The van der Waals surface area contributed by atoms with Crippen LogP contribution in [0.5, 0.6) is 0 Å². The van der Waals surface area contributed by atoms with Crippen molar-refractivity contribution in [2.75, 3.05) is 6.61 Å². The third kappa shape index (κ3) is 9.01. The molecule has 1 nitrogen and oxygen atoms in total. The molecule has 0 aliphatic heterocycles. The molecule has 0 heterocycles. The molecule has 0 unspecified atom stereocenters. The molecule has 2 heteroatoms. The first kappa shape index (κ1) is 10.3. The van der Waals surface area contributed by atoms with E-state index in [1.165, 1.54) is 0 Å². The maximum absolute atomic E-state index is 7.98. The Balaban J connectivity index is -0.0000000800. The zero-order valence-corrected chi connectivity index (χ0v) is 7.43. The van der Waals surface area contributed by atoms with Gasteiger partial charge in [-0.2, -0.15) is 0 Å². The summed E-state index contributed by atoms with van der Waals surface area (Å²) in [4.78, 5) is 0. The van der Waals surface area contributed by atoms with Gasteiger partial charge in [-0.1, -0.05) is 12.2 Å². The van der Waals surface area contributed by atoms with Crippen LogP contribution in [0.1, 0.15) is 8.35 Å². The van der Waals surface area contributed by atoms with Crippen LogP contribution < -0.4 is 51.4 Å². The third-order valence-electron chi connectivity index (χ3n) is 0.341. The molecular weight excluding hydrogens is 103 g/mol. The molecule has 0 aliphatic rings. The molecule has 0 aromatic carbocycles. The maximum atomic E-state index is 7.98. The average molecular weight is 112 g/mol. The number of rotatable bonds is 1. The second kappa shape index (κ2) is 9.60. The fourth-order valence-electron chi connectivity index (χ4n) is 0.105. The summed E-state index contributed by atoms with van der Waals surface area (Å²) in [5.74, 6) is 0. The van der Waals surface area contributed by atoms with E-state index < -0.39 is 0 Å². The topological polar surface area (TPSA) is 20.2 Å². The Morgan fingerprint density at radius 1 is 1.83 bits per heavy atom. The van der Waals surface area contributed by atoms with Crippen molar-refractivity contribution in [2.45, 2.75) is 6.92 Å². The molecule has 0 aliphatic carbocycles. The van der Waals surface area contributed by atoms with Gasteiger partial charge in [-0.15, -0.1) is 0 Å². The Bertz CT molecular complexity index is 38.7. The fourth-order valence-corrected chi connectivity index (χ4v) is 0.105. The zero-order chi connectivity index (χ0) is 4.12. The maximum Gasteiger partial charge on any atom is 1.00 e. The standard InChI is InChI=1S/C4H8O.K.H/c1-2-3-4-5;;/h2-3,5H,4H2,1H3;;/q;+1;-1. The van der Waals surface area contributed by atoms with Crippen LogP contribution in [-0.2, 0) is 0 Å². The molecule has 0 aromatic rings. The van der Waals surface area contributed by atoms with Crippen molar-refractivity contribution in [1.29, 1.82) is 0 Å². The molecule has 0 spiro atoms. The number of hydrogen-bond donors (Lipinski definition) is 1. The first-order valence-electron chi connectivity index (χ1n) is 1.64. The van der Waals surface area contributed by atoms with E-state index in [9.17, 15) is 0 Å². The predicted molar refractivity (Wildman–Crippen MR) is 23.0 cm³/mol. The van der Waals surface area contributed by atoms with Gasteiger partial charge in [0.15, 0.2) is 0 Å². The first-order chi connectivity index (χ1) is 2.41. The van der Waals surface area contributed by atoms with Gasteiger partial charge in [0, 0.05) is 0 Å². The molecule has 1 N–H and O–H groups in total. The van der Waals surface area contributed by atoms with Gasteiger partial charge in [-0.05, 0) is 6.92 Å². The van der Waals surface area contributed by atoms with Crippen molar-refractivity contribution in [2.24, 2.45) is 0 Å². The zero-order valence-electron chi connectivity index (χ0n) is 5.31. The van der Waals surface area contributed by atoms with E-state index in [-0.39, 0.29) is 59.4 Å². The number of aliphatic hydroxyl groups is 1. The minimum atomic E-state index is 0. The molecular formula is C4H9KO. The SMILES string of the molecule is CC=CCO.[H-].[K+]. The third-order valence-corrected chi connectivity index (χ3v) is 0.341. The smallest absolute Gasteiger partial charge is 1.00 e. The Morgan fingerprint density at radius 2 is 2.33 bits per heavy atom. The second-order valence-corrected chi connectivity index (χ2v) is 0.752. The Kier molecular flexibility index (Phi) is 16.5. The summed E-state index contributed by atoms with van der Waals surface area (Å²) >= 11 is 0. The normalized spacial score (nSPS) is 8.33. The summed E-state index contributed by atoms with van der Waals surface area (Å²) in [6.07, 6.45) is 3.49. The molecule has 0 amide bonds. The van der Waals surface area contributed by atoms with Crippen molar-refractivity contribution in [1.82, 2.24) is 0 Å². The largest absolute Gasteiger partial charge is 1.00 e. The molecule has 0 saturated heterocycles. The van der Waals surface area contributed by atoms with Crippen molar-refractivity contribution >= 4 is 0 Å². The van der Waals surface area contributed by atoms with E-state index >= 15 is 0 Å². The Labute approximate surface area is 82.3 Å².